The highest BCUT2D eigenvalue weighted by molar-refractivity contribution is 9.10. The topological polar surface area (TPSA) is 32.7 Å². The fourth-order valence-corrected chi connectivity index (χ4v) is 4.40. The van der Waals surface area contributed by atoms with E-state index in [1.165, 1.54) is 11.8 Å². The Morgan fingerprint density at radius 3 is 2.19 bits per heavy atom. The molecule has 0 aromatic heterocycles. The molecule has 1 heterocycles. The van der Waals surface area contributed by atoms with Crippen molar-refractivity contribution in [3.8, 4) is 0 Å². The number of nitrogens with zero attached hydrogens (tertiary/aromatic N) is 2. The van der Waals surface area contributed by atoms with Gasteiger partial charge < -0.3 is 0 Å². The molecule has 3 aromatic carbocycles. The summed E-state index contributed by atoms with van der Waals surface area (Å²) >= 11 is 4.99. The number of para-hydroxylation sites is 2. The van der Waals surface area contributed by atoms with Crippen LogP contribution in [0.5, 0.6) is 0 Å². The number of amides is 1. The molecule has 1 aliphatic rings. The average molecular weight is 437 g/mol. The van der Waals surface area contributed by atoms with Gasteiger partial charge in [0.2, 0.25) is 5.91 Å². The highest BCUT2D eigenvalue weighted by Gasteiger charge is 2.38. The van der Waals surface area contributed by atoms with Crippen molar-refractivity contribution in [2.45, 2.75) is 11.7 Å². The largest absolute Gasteiger partial charge is 0.273 e. The van der Waals surface area contributed by atoms with Crippen LogP contribution in [-0.4, -0.2) is 16.3 Å². The summed E-state index contributed by atoms with van der Waals surface area (Å²) in [6, 6.07) is 27.6. The van der Waals surface area contributed by atoms with Crippen LogP contribution in [0.25, 0.3) is 0 Å². The van der Waals surface area contributed by atoms with E-state index in [-0.39, 0.29) is 11.2 Å². The lowest BCUT2D eigenvalue weighted by Gasteiger charge is -2.16. The summed E-state index contributed by atoms with van der Waals surface area (Å²) in [4.78, 5) is 19.7. The van der Waals surface area contributed by atoms with Gasteiger partial charge in [-0.2, -0.15) is 0 Å². The zero-order valence-corrected chi connectivity index (χ0v) is 16.9. The van der Waals surface area contributed by atoms with E-state index in [0.717, 1.165) is 26.6 Å². The van der Waals surface area contributed by atoms with Crippen LogP contribution in [0.1, 0.15) is 5.56 Å². The van der Waals surface area contributed by atoms with Gasteiger partial charge in [-0.3, -0.25) is 9.69 Å². The van der Waals surface area contributed by atoms with Gasteiger partial charge in [0.25, 0.3) is 0 Å². The van der Waals surface area contributed by atoms with Gasteiger partial charge in [0.1, 0.15) is 0 Å². The molecule has 1 saturated heterocycles. The van der Waals surface area contributed by atoms with Crippen molar-refractivity contribution in [3.05, 3.63) is 95.0 Å². The Morgan fingerprint density at radius 2 is 1.52 bits per heavy atom. The van der Waals surface area contributed by atoms with Crippen molar-refractivity contribution >= 4 is 50.1 Å². The van der Waals surface area contributed by atoms with E-state index < -0.39 is 0 Å². The number of aliphatic imine (C=N–C) groups is 1. The van der Waals surface area contributed by atoms with Crippen molar-refractivity contribution in [2.75, 3.05) is 4.90 Å². The molecule has 0 N–H and O–H groups in total. The van der Waals surface area contributed by atoms with Crippen molar-refractivity contribution in [2.24, 2.45) is 4.99 Å². The first-order valence-corrected chi connectivity index (χ1v) is 10.3. The molecule has 3 nitrogen and oxygen atoms in total. The number of carbonyl (C=O) groups excluding carboxylic acids is 1. The van der Waals surface area contributed by atoms with Crippen molar-refractivity contribution in [1.29, 1.82) is 0 Å². The third kappa shape index (κ3) is 4.15. The van der Waals surface area contributed by atoms with Gasteiger partial charge in [-0.25, -0.2) is 4.99 Å². The van der Waals surface area contributed by atoms with Crippen LogP contribution in [0.2, 0.25) is 0 Å². The molecule has 1 atom stereocenters. The van der Waals surface area contributed by atoms with Crippen LogP contribution >= 0.6 is 27.7 Å². The quantitative estimate of drug-likeness (QED) is 0.515. The summed E-state index contributed by atoms with van der Waals surface area (Å²) in [7, 11) is 0. The molecule has 0 unspecified atom stereocenters. The van der Waals surface area contributed by atoms with E-state index in [9.17, 15) is 4.79 Å². The molecule has 5 heteroatoms. The third-order valence-electron chi connectivity index (χ3n) is 4.26. The highest BCUT2D eigenvalue weighted by atomic mass is 79.9. The van der Waals surface area contributed by atoms with Gasteiger partial charge in [-0.1, -0.05) is 76.2 Å². The zero-order chi connectivity index (χ0) is 18.6. The van der Waals surface area contributed by atoms with Gasteiger partial charge in [0.15, 0.2) is 5.17 Å². The Balaban J connectivity index is 1.67. The van der Waals surface area contributed by atoms with Crippen molar-refractivity contribution in [3.63, 3.8) is 0 Å². The van der Waals surface area contributed by atoms with Crippen LogP contribution in [0, 0.1) is 0 Å². The summed E-state index contributed by atoms with van der Waals surface area (Å²) in [6.45, 7) is 0. The summed E-state index contributed by atoms with van der Waals surface area (Å²) in [6.07, 6.45) is 0.675. The summed E-state index contributed by atoms with van der Waals surface area (Å²) < 4.78 is 1.04. The van der Waals surface area contributed by atoms with Gasteiger partial charge in [0.05, 0.1) is 16.6 Å². The Hall–Kier alpha value is -2.37. The average Bonchev–Trinajstić information content (AvgIpc) is 3.00. The number of amidine groups is 1. The smallest absolute Gasteiger partial charge is 0.247 e. The SMILES string of the molecule is O=C1[C@@H](Cc2ccc(Br)cc2)SC(=Nc2ccccc2)N1c1ccccc1. The number of thioether (sulfide) groups is 1. The minimum atomic E-state index is -0.186. The van der Waals surface area contributed by atoms with Crippen LogP contribution < -0.4 is 4.90 Å². The third-order valence-corrected chi connectivity index (χ3v) is 5.93. The molecule has 134 valence electrons. The second kappa shape index (κ2) is 8.11. The fourth-order valence-electron chi connectivity index (χ4n) is 2.94. The Morgan fingerprint density at radius 1 is 0.889 bits per heavy atom. The molecular formula is C22H17BrN2OS. The molecule has 3 aromatic rings. The monoisotopic (exact) mass is 436 g/mol. The minimum Gasteiger partial charge on any atom is -0.273 e. The molecule has 0 radical (unpaired) electrons. The predicted molar refractivity (Wildman–Crippen MR) is 117 cm³/mol. The molecule has 1 aliphatic heterocycles. The van der Waals surface area contributed by atoms with Gasteiger partial charge >= 0.3 is 0 Å². The number of hydrogen-bond acceptors (Lipinski definition) is 3. The zero-order valence-electron chi connectivity index (χ0n) is 14.5. The number of halogens is 1. The molecule has 0 spiro atoms. The Labute approximate surface area is 171 Å². The fraction of sp³-hybridized carbons (Fsp3) is 0.0909. The van der Waals surface area contributed by atoms with E-state index in [1.807, 2.05) is 72.8 Å². The minimum absolute atomic E-state index is 0.0730. The number of anilines is 1. The Bertz CT molecular complexity index is 959. The molecule has 27 heavy (non-hydrogen) atoms. The second-order valence-corrected chi connectivity index (χ2v) is 8.26. The van der Waals surface area contributed by atoms with E-state index in [0.29, 0.717) is 6.42 Å². The molecule has 0 saturated carbocycles. The normalized spacial score (nSPS) is 18.3. The van der Waals surface area contributed by atoms with Crippen LogP contribution in [-0.2, 0) is 11.2 Å². The molecule has 1 amide bonds. The van der Waals surface area contributed by atoms with E-state index in [4.69, 9.17) is 4.99 Å². The van der Waals surface area contributed by atoms with Gasteiger partial charge in [0, 0.05) is 4.47 Å². The summed E-state index contributed by atoms with van der Waals surface area (Å²) in [5, 5.41) is 0.536. The maximum atomic E-state index is 13.2. The maximum absolute atomic E-state index is 13.2. The number of hydrogen-bond donors (Lipinski definition) is 0. The maximum Gasteiger partial charge on any atom is 0.247 e. The van der Waals surface area contributed by atoms with Crippen LogP contribution in [0.3, 0.4) is 0 Å². The number of benzene rings is 3. The molecule has 0 bridgehead atoms. The number of carbonyl (C=O) groups is 1. The van der Waals surface area contributed by atoms with Crippen LogP contribution in [0.15, 0.2) is 94.4 Å². The predicted octanol–water partition coefficient (Wildman–Crippen LogP) is 5.83. The lowest BCUT2D eigenvalue weighted by molar-refractivity contribution is -0.116. The molecule has 1 fully saturated rings. The van der Waals surface area contributed by atoms with E-state index >= 15 is 0 Å². The molecule has 0 aliphatic carbocycles. The van der Waals surface area contributed by atoms with E-state index in [2.05, 4.69) is 28.1 Å². The molecule has 4 rings (SSSR count). The van der Waals surface area contributed by atoms with Crippen molar-refractivity contribution < 1.29 is 4.79 Å². The first-order valence-electron chi connectivity index (χ1n) is 8.64. The first kappa shape index (κ1) is 18.0. The highest BCUT2D eigenvalue weighted by Crippen LogP contribution is 2.35. The van der Waals surface area contributed by atoms with Gasteiger partial charge in [-0.05, 0) is 48.4 Å². The summed E-state index contributed by atoms with van der Waals surface area (Å²) in [5.41, 5.74) is 2.83. The Kier molecular flexibility index (Phi) is 5.41. The summed E-state index contributed by atoms with van der Waals surface area (Å²) in [5.74, 6) is 0.0730. The lowest BCUT2D eigenvalue weighted by atomic mass is 10.1. The van der Waals surface area contributed by atoms with Gasteiger partial charge in [-0.15, -0.1) is 0 Å². The lowest BCUT2D eigenvalue weighted by Crippen LogP contribution is -2.32. The van der Waals surface area contributed by atoms with Crippen molar-refractivity contribution in [1.82, 2.24) is 0 Å². The van der Waals surface area contributed by atoms with E-state index in [1.54, 1.807) is 4.90 Å². The van der Waals surface area contributed by atoms with Crippen LogP contribution in [0.4, 0.5) is 11.4 Å². The first-order chi connectivity index (χ1) is 13.2. The number of rotatable bonds is 4. The second-order valence-electron chi connectivity index (χ2n) is 6.18. The molecular weight excluding hydrogens is 420 g/mol. The standard InChI is InChI=1S/C22H17BrN2OS/c23-17-13-11-16(12-14-17)15-20-21(26)25(19-9-5-2-6-10-19)22(27-20)24-18-7-3-1-4-8-18/h1-14,20H,15H2/t20-/m1/s1.